The first kappa shape index (κ1) is 31.7. The van der Waals surface area contributed by atoms with Gasteiger partial charge in [-0.25, -0.2) is 4.39 Å². The molecule has 4 bridgehead atoms. The monoisotopic (exact) mass is 618 g/mol. The van der Waals surface area contributed by atoms with Crippen LogP contribution in [0.15, 0.2) is 60.9 Å². The van der Waals surface area contributed by atoms with Gasteiger partial charge in [-0.3, -0.25) is 19.4 Å². The number of piperidine rings is 1. The molecule has 2 aliphatic rings. The molecule has 0 radical (unpaired) electrons. The normalized spacial score (nSPS) is 19.0. The molecule has 3 amide bonds. The number of likely N-dealkylation sites (tertiary alicyclic amines) is 1. The molecule has 3 aromatic rings. The Kier molecular flexibility index (Phi) is 10.8. The summed E-state index contributed by atoms with van der Waals surface area (Å²) in [6.45, 7) is 0.528. The summed E-state index contributed by atoms with van der Waals surface area (Å²) in [6, 6.07) is 13.0. The van der Waals surface area contributed by atoms with Gasteiger partial charge < -0.3 is 29.7 Å². The Bertz CT molecular complexity index is 1490. The summed E-state index contributed by atoms with van der Waals surface area (Å²) in [5.41, 5.74) is 2.53. The van der Waals surface area contributed by atoms with Gasteiger partial charge in [-0.2, -0.15) is 0 Å². The summed E-state index contributed by atoms with van der Waals surface area (Å²) in [6.07, 6.45) is 6.98. The highest BCUT2D eigenvalue weighted by Crippen LogP contribution is 2.29. The van der Waals surface area contributed by atoms with Gasteiger partial charge in [0.2, 0.25) is 11.8 Å². The molecule has 0 aliphatic carbocycles. The van der Waals surface area contributed by atoms with Crippen molar-refractivity contribution in [2.45, 2.75) is 63.6 Å². The molecule has 238 valence electrons. The van der Waals surface area contributed by atoms with E-state index in [0.717, 1.165) is 30.4 Å². The quantitative estimate of drug-likeness (QED) is 0.404. The number of benzene rings is 2. The number of methoxy groups -OCH3 is 1. The van der Waals surface area contributed by atoms with E-state index in [1.807, 2.05) is 24.4 Å². The molecule has 1 fully saturated rings. The second-order valence-corrected chi connectivity index (χ2v) is 11.4. The first-order chi connectivity index (χ1) is 21.9. The maximum Gasteiger partial charge on any atom is 0.258 e. The maximum absolute atomic E-state index is 14.6. The molecule has 1 saturated heterocycles. The lowest BCUT2D eigenvalue weighted by Gasteiger charge is -2.39. The van der Waals surface area contributed by atoms with E-state index in [9.17, 15) is 18.8 Å². The molecule has 2 aromatic carbocycles. The average molecular weight is 619 g/mol. The fourth-order valence-corrected chi connectivity index (χ4v) is 5.64. The van der Waals surface area contributed by atoms with Gasteiger partial charge >= 0.3 is 0 Å². The first-order valence-corrected chi connectivity index (χ1v) is 15.3. The zero-order valence-corrected chi connectivity index (χ0v) is 25.4. The molecule has 10 nitrogen and oxygen atoms in total. The number of fused-ring (bicyclic) bond motifs is 5. The van der Waals surface area contributed by atoms with Crippen LogP contribution < -0.4 is 24.8 Å². The highest BCUT2D eigenvalue weighted by atomic mass is 19.1. The van der Waals surface area contributed by atoms with Gasteiger partial charge in [-0.05, 0) is 72.7 Å². The molecule has 0 unspecified atom stereocenters. The van der Waals surface area contributed by atoms with Crippen LogP contribution in [0.5, 0.6) is 17.2 Å². The van der Waals surface area contributed by atoms with E-state index in [1.165, 1.54) is 19.2 Å². The van der Waals surface area contributed by atoms with Gasteiger partial charge in [0.25, 0.3) is 5.91 Å². The molecule has 3 heterocycles. The van der Waals surface area contributed by atoms with Crippen molar-refractivity contribution < 1.29 is 33.0 Å². The van der Waals surface area contributed by atoms with E-state index in [0.29, 0.717) is 42.9 Å². The van der Waals surface area contributed by atoms with Crippen LogP contribution >= 0.6 is 0 Å². The second kappa shape index (κ2) is 15.4. The van der Waals surface area contributed by atoms with Gasteiger partial charge in [-0.1, -0.05) is 12.1 Å². The molecule has 2 N–H and O–H groups in total. The van der Waals surface area contributed by atoms with E-state index in [2.05, 4.69) is 15.6 Å². The number of nitrogens with one attached hydrogen (secondary N) is 2. The van der Waals surface area contributed by atoms with Crippen molar-refractivity contribution in [3.63, 3.8) is 0 Å². The zero-order chi connectivity index (χ0) is 31.6. The predicted molar refractivity (Wildman–Crippen MR) is 164 cm³/mol. The molecule has 1 aromatic heterocycles. The van der Waals surface area contributed by atoms with Crippen LogP contribution in [0.3, 0.4) is 0 Å². The Morgan fingerprint density at radius 3 is 2.80 bits per heavy atom. The molecule has 2 aliphatic heterocycles. The van der Waals surface area contributed by atoms with Crippen LogP contribution in [0.25, 0.3) is 0 Å². The Balaban J connectivity index is 1.30. The number of pyridine rings is 1. The van der Waals surface area contributed by atoms with Crippen LogP contribution in [0.2, 0.25) is 0 Å². The minimum atomic E-state index is -0.562. The highest BCUT2D eigenvalue weighted by molar-refractivity contribution is 5.79. The SMILES string of the molecule is COc1ccc2cc1OCC(=O)N[C@@H]1CN(C(=O)CCCCc3cccnc3)CC[C@H]1Oc1cc(F)cc(c1)CNC(=O)CC2. The van der Waals surface area contributed by atoms with Gasteiger partial charge in [-0.15, -0.1) is 0 Å². The Labute approximate surface area is 262 Å². The number of nitrogens with zero attached hydrogens (tertiary/aromatic N) is 2. The summed E-state index contributed by atoms with van der Waals surface area (Å²) in [7, 11) is 1.51. The number of carbonyl (C=O) groups is 3. The van der Waals surface area contributed by atoms with Crippen LogP contribution in [-0.2, 0) is 33.8 Å². The average Bonchev–Trinajstić information content (AvgIpc) is 3.04. The number of aryl methyl sites for hydroxylation is 2. The van der Waals surface area contributed by atoms with E-state index in [-0.39, 0.29) is 43.7 Å². The number of halogens is 1. The molecule has 0 spiro atoms. The van der Waals surface area contributed by atoms with E-state index < -0.39 is 23.9 Å². The van der Waals surface area contributed by atoms with Gasteiger partial charge in [0.15, 0.2) is 18.1 Å². The topological polar surface area (TPSA) is 119 Å². The van der Waals surface area contributed by atoms with Gasteiger partial charge in [0.1, 0.15) is 17.7 Å². The predicted octanol–water partition coefficient (Wildman–Crippen LogP) is 3.75. The number of hydrogen-bond donors (Lipinski definition) is 2. The van der Waals surface area contributed by atoms with Crippen LogP contribution in [-0.4, -0.2) is 66.6 Å². The minimum Gasteiger partial charge on any atom is -0.493 e. The van der Waals surface area contributed by atoms with Crippen LogP contribution in [0.4, 0.5) is 4.39 Å². The lowest BCUT2D eigenvalue weighted by atomic mass is 10.0. The summed E-state index contributed by atoms with van der Waals surface area (Å²) in [4.78, 5) is 44.8. The summed E-state index contributed by atoms with van der Waals surface area (Å²) >= 11 is 0. The van der Waals surface area contributed by atoms with E-state index in [1.54, 1.807) is 29.3 Å². The third kappa shape index (κ3) is 9.17. The third-order valence-corrected chi connectivity index (χ3v) is 8.01. The number of ether oxygens (including phenoxy) is 3. The van der Waals surface area contributed by atoms with Crippen LogP contribution in [0.1, 0.15) is 48.8 Å². The van der Waals surface area contributed by atoms with Crippen molar-refractivity contribution >= 4 is 17.7 Å². The lowest BCUT2D eigenvalue weighted by Crippen LogP contribution is -2.58. The number of rotatable bonds is 6. The van der Waals surface area contributed by atoms with Crippen molar-refractivity contribution in [1.29, 1.82) is 0 Å². The van der Waals surface area contributed by atoms with Crippen molar-refractivity contribution in [3.8, 4) is 17.2 Å². The second-order valence-electron chi connectivity index (χ2n) is 11.4. The molecular weight excluding hydrogens is 579 g/mol. The number of aromatic nitrogens is 1. The standard InChI is InChI=1S/C34H39FN4O6/c1-43-30-10-8-23-9-11-32(40)37-20-25-15-26(35)18-27(16-25)45-29-12-14-39(21-28(29)38-33(41)22-44-31(30)17-23)34(42)7-3-2-5-24-6-4-13-36-19-24/h4,6,8,10,13,15-19,28-29H,2-3,5,7,9,11-12,14,20-22H2,1H3,(H,37,40)(H,38,41)/t28-,29-/m1/s1. The summed E-state index contributed by atoms with van der Waals surface area (Å²) in [5.74, 6) is 0.0687. The third-order valence-electron chi connectivity index (χ3n) is 8.01. The zero-order valence-electron chi connectivity index (χ0n) is 25.4. The van der Waals surface area contributed by atoms with E-state index >= 15 is 0 Å². The van der Waals surface area contributed by atoms with Crippen molar-refractivity contribution in [2.24, 2.45) is 0 Å². The number of amides is 3. The molecule has 11 heteroatoms. The van der Waals surface area contributed by atoms with Gasteiger partial charge in [0, 0.05) is 57.4 Å². The number of carbonyl (C=O) groups excluding carboxylic acids is 3. The number of hydrogen-bond acceptors (Lipinski definition) is 7. The lowest BCUT2D eigenvalue weighted by molar-refractivity contribution is -0.135. The Morgan fingerprint density at radius 1 is 1.09 bits per heavy atom. The molecule has 45 heavy (non-hydrogen) atoms. The molecular formula is C34H39FN4O6. The summed E-state index contributed by atoms with van der Waals surface area (Å²) < 4.78 is 32.1. The first-order valence-electron chi connectivity index (χ1n) is 15.3. The smallest absolute Gasteiger partial charge is 0.258 e. The number of unbranched alkanes of at least 4 members (excludes halogenated alkanes) is 1. The van der Waals surface area contributed by atoms with Crippen molar-refractivity contribution in [3.05, 3.63) is 83.4 Å². The minimum absolute atomic E-state index is 0.00919. The summed E-state index contributed by atoms with van der Waals surface area (Å²) in [5, 5.41) is 5.83. The Morgan fingerprint density at radius 2 is 1.98 bits per heavy atom. The highest BCUT2D eigenvalue weighted by Gasteiger charge is 2.34. The molecule has 5 rings (SSSR count). The van der Waals surface area contributed by atoms with Gasteiger partial charge in [0.05, 0.1) is 13.2 Å². The fraction of sp³-hybridized carbons (Fsp3) is 0.412. The largest absolute Gasteiger partial charge is 0.493 e. The molecule has 2 atom stereocenters. The fourth-order valence-electron chi connectivity index (χ4n) is 5.64. The van der Waals surface area contributed by atoms with E-state index in [4.69, 9.17) is 14.2 Å². The van der Waals surface area contributed by atoms with Crippen LogP contribution in [0, 0.1) is 5.82 Å². The maximum atomic E-state index is 14.6. The molecule has 0 saturated carbocycles. The Hall–Kier alpha value is -4.67. The van der Waals surface area contributed by atoms with Crippen molar-refractivity contribution in [1.82, 2.24) is 20.5 Å². The van der Waals surface area contributed by atoms with Crippen molar-refractivity contribution in [2.75, 3.05) is 26.8 Å².